The molecule has 6 fully saturated rings. The molecule has 244 valence electrons. The van der Waals surface area contributed by atoms with Gasteiger partial charge >= 0.3 is 0 Å². The van der Waals surface area contributed by atoms with E-state index in [1.165, 1.54) is 57.8 Å². The van der Waals surface area contributed by atoms with Crippen LogP contribution in [0.2, 0.25) is 0 Å². The van der Waals surface area contributed by atoms with Crippen LogP contribution in [0, 0.1) is 52.3 Å². The molecule has 2 aliphatic heterocycles. The summed E-state index contributed by atoms with van der Waals surface area (Å²) in [6, 6.07) is 0. The smallest absolute Gasteiger partial charge is 0.171 e. The Hall–Kier alpha value is 0.0500. The van der Waals surface area contributed by atoms with Gasteiger partial charge in [-0.3, -0.25) is 0 Å². The third kappa shape index (κ3) is 5.64. The molecule has 6 nitrogen and oxygen atoms in total. The molecule has 1 spiro atoms. The van der Waals surface area contributed by atoms with Gasteiger partial charge in [0.05, 0.1) is 52.2 Å². The maximum absolute atomic E-state index is 9.44. The lowest BCUT2D eigenvalue weighted by Gasteiger charge is -2.61. The van der Waals surface area contributed by atoms with Gasteiger partial charge in [0.2, 0.25) is 0 Å². The minimum atomic E-state index is -0.302. The first-order chi connectivity index (χ1) is 19.6. The number of rotatable bonds is 9. The number of halogens is 1. The Morgan fingerprint density at radius 1 is 0.857 bits per heavy atom. The summed E-state index contributed by atoms with van der Waals surface area (Å²) in [5.41, 5.74) is 0.875. The largest absolute Gasteiger partial charge is 1.00 e. The van der Waals surface area contributed by atoms with Crippen molar-refractivity contribution in [2.45, 2.75) is 116 Å². The van der Waals surface area contributed by atoms with Crippen LogP contribution in [0.25, 0.3) is 0 Å². The van der Waals surface area contributed by atoms with Crippen molar-refractivity contribution in [3.05, 3.63) is 0 Å². The van der Waals surface area contributed by atoms with Gasteiger partial charge in [0.25, 0.3) is 0 Å². The fourth-order valence-corrected chi connectivity index (χ4v) is 11.9. The van der Waals surface area contributed by atoms with Crippen LogP contribution in [0.5, 0.6) is 0 Å². The van der Waals surface area contributed by atoms with E-state index in [1.807, 2.05) is 0 Å². The Balaban J connectivity index is 0.00000353. The highest BCUT2D eigenvalue weighted by Crippen LogP contribution is 2.71. The fourth-order valence-electron chi connectivity index (χ4n) is 11.9. The second-order valence-electron chi connectivity index (χ2n) is 16.5. The van der Waals surface area contributed by atoms with Crippen molar-refractivity contribution in [1.29, 1.82) is 0 Å². The molecule has 0 amide bonds. The molecule has 0 aromatic heterocycles. The topological polar surface area (TPSA) is 68.2 Å². The van der Waals surface area contributed by atoms with Crippen molar-refractivity contribution in [2.75, 3.05) is 53.1 Å². The van der Waals surface area contributed by atoms with Gasteiger partial charge in [0.15, 0.2) is 5.79 Å². The quantitative estimate of drug-likeness (QED) is 0.310. The molecule has 0 bridgehead atoms. The number of likely N-dealkylation sites (N-methyl/N-ethyl adjacent to an activating group) is 1. The molecule has 2 saturated heterocycles. The van der Waals surface area contributed by atoms with E-state index in [2.05, 4.69) is 34.7 Å². The van der Waals surface area contributed by atoms with Crippen LogP contribution >= 0.6 is 0 Å². The summed E-state index contributed by atoms with van der Waals surface area (Å²) in [5.74, 6) is 4.88. The predicted molar refractivity (Wildman–Crippen MR) is 161 cm³/mol. The van der Waals surface area contributed by atoms with Crippen molar-refractivity contribution in [2.24, 2.45) is 52.3 Å². The standard InChI is InChI=1S/C35H62NO5.ClH/c1-24-9-14-35(40-23-24)25(2)32-31(41-35)22-30-28-8-7-26-21-27(39-20-6-15-36(5,16-18-37)17-19-38)10-12-33(26,3)29(28)11-13-34(30,32)4;/h24-32,37-38H,6-23H2,1-5H3;1H/q+1;/p-1/t24-,25+,26+,27+,28-,29+,30+,31+,32+,33+,34+,35-;/m1./s1. The number of hydrogen-bond donors (Lipinski definition) is 2. The molecule has 6 aliphatic rings. The summed E-state index contributed by atoms with van der Waals surface area (Å²) >= 11 is 0. The SMILES string of the molecule is C[C@@H]1CC[C@@]2(OC1)O[C@H]1C[C@H]3[C@@H]4CC[C@H]5C[C@@H](OCCC[N+](C)(CCO)CCO)CC[C@]5(C)[C@H]4CC[C@]3(C)[C@H]1[C@@H]2C.[Cl-]. The average Bonchev–Trinajstić information content (AvgIpc) is 3.38. The molecule has 42 heavy (non-hydrogen) atoms. The first-order valence-electron chi connectivity index (χ1n) is 17.6. The van der Waals surface area contributed by atoms with Gasteiger partial charge in [-0.2, -0.15) is 0 Å². The van der Waals surface area contributed by atoms with Crippen molar-refractivity contribution < 1.29 is 41.3 Å². The van der Waals surface area contributed by atoms with E-state index in [9.17, 15) is 10.2 Å². The lowest BCUT2D eigenvalue weighted by molar-refractivity contribution is -0.910. The summed E-state index contributed by atoms with van der Waals surface area (Å²) in [7, 11) is 2.14. The van der Waals surface area contributed by atoms with Crippen LogP contribution in [0.3, 0.4) is 0 Å². The summed E-state index contributed by atoms with van der Waals surface area (Å²) in [6.45, 7) is 14.5. The van der Waals surface area contributed by atoms with Gasteiger partial charge in [-0.05, 0) is 104 Å². The van der Waals surface area contributed by atoms with E-state index in [0.29, 0.717) is 53.9 Å². The minimum absolute atomic E-state index is 0. The number of quaternary nitrogens is 1. The first-order valence-corrected chi connectivity index (χ1v) is 17.6. The molecule has 7 heteroatoms. The lowest BCUT2D eigenvalue weighted by Crippen LogP contribution is -3.00. The molecule has 0 aromatic rings. The van der Waals surface area contributed by atoms with E-state index < -0.39 is 0 Å². The molecule has 2 N–H and O–H groups in total. The summed E-state index contributed by atoms with van der Waals surface area (Å²) < 4.78 is 20.8. The van der Waals surface area contributed by atoms with Crippen LogP contribution < -0.4 is 12.4 Å². The van der Waals surface area contributed by atoms with Gasteiger partial charge in [-0.25, -0.2) is 0 Å². The second kappa shape index (κ2) is 12.7. The van der Waals surface area contributed by atoms with Gasteiger partial charge in [-0.1, -0.05) is 27.7 Å². The molecular weight excluding hydrogens is 550 g/mol. The normalized spacial score (nSPS) is 48.2. The van der Waals surface area contributed by atoms with Crippen LogP contribution in [0.4, 0.5) is 0 Å². The van der Waals surface area contributed by atoms with Crippen molar-refractivity contribution in [3.63, 3.8) is 0 Å². The van der Waals surface area contributed by atoms with Crippen molar-refractivity contribution in [3.8, 4) is 0 Å². The van der Waals surface area contributed by atoms with E-state index in [4.69, 9.17) is 14.2 Å². The van der Waals surface area contributed by atoms with E-state index in [0.717, 1.165) is 60.8 Å². The maximum atomic E-state index is 9.44. The third-order valence-electron chi connectivity index (χ3n) is 14.4. The lowest BCUT2D eigenvalue weighted by atomic mass is 9.44. The molecular formula is C35H62ClNO5. The highest BCUT2D eigenvalue weighted by atomic mass is 35.5. The second-order valence-corrected chi connectivity index (χ2v) is 16.5. The Morgan fingerprint density at radius 2 is 1.60 bits per heavy atom. The summed E-state index contributed by atoms with van der Waals surface area (Å²) in [5, 5.41) is 18.9. The van der Waals surface area contributed by atoms with Crippen LogP contribution in [-0.4, -0.2) is 85.8 Å². The van der Waals surface area contributed by atoms with Gasteiger partial charge in [-0.15, -0.1) is 0 Å². The zero-order chi connectivity index (χ0) is 29.0. The van der Waals surface area contributed by atoms with E-state index in [1.54, 1.807) is 0 Å². The van der Waals surface area contributed by atoms with E-state index >= 15 is 0 Å². The van der Waals surface area contributed by atoms with Crippen molar-refractivity contribution in [1.82, 2.24) is 0 Å². The number of fused-ring (bicyclic) bond motifs is 7. The van der Waals surface area contributed by atoms with Crippen molar-refractivity contribution >= 4 is 0 Å². The third-order valence-corrected chi connectivity index (χ3v) is 14.4. The highest BCUT2D eigenvalue weighted by molar-refractivity contribution is 5.15. The fraction of sp³-hybridized carbons (Fsp3) is 1.00. The molecule has 2 heterocycles. The molecule has 12 atom stereocenters. The van der Waals surface area contributed by atoms with E-state index in [-0.39, 0.29) is 31.4 Å². The van der Waals surface area contributed by atoms with Crippen LogP contribution in [0.15, 0.2) is 0 Å². The molecule has 0 unspecified atom stereocenters. The Kier molecular flexibility index (Phi) is 10.1. The number of aliphatic hydroxyl groups is 2. The zero-order valence-corrected chi connectivity index (χ0v) is 28.1. The predicted octanol–water partition coefficient (Wildman–Crippen LogP) is 2.64. The summed E-state index contributed by atoms with van der Waals surface area (Å²) in [4.78, 5) is 0. The molecule has 4 saturated carbocycles. The minimum Gasteiger partial charge on any atom is -1.00 e. The van der Waals surface area contributed by atoms with Crippen LogP contribution in [0.1, 0.15) is 98.3 Å². The molecule has 4 aliphatic carbocycles. The number of nitrogens with zero attached hydrogens (tertiary/aromatic N) is 1. The maximum Gasteiger partial charge on any atom is 0.171 e. The van der Waals surface area contributed by atoms with Gasteiger partial charge < -0.3 is 41.3 Å². The monoisotopic (exact) mass is 611 g/mol. The highest BCUT2D eigenvalue weighted by Gasteiger charge is 2.69. The summed E-state index contributed by atoms with van der Waals surface area (Å²) in [6.07, 6.45) is 14.7. The Bertz CT molecular complexity index is 906. The van der Waals surface area contributed by atoms with Gasteiger partial charge in [0.1, 0.15) is 13.1 Å². The average molecular weight is 612 g/mol. The Labute approximate surface area is 262 Å². The molecule has 0 radical (unpaired) electrons. The number of hydrogen-bond acceptors (Lipinski definition) is 5. The number of ether oxygens (including phenoxy) is 3. The Morgan fingerprint density at radius 3 is 2.29 bits per heavy atom. The molecule has 6 rings (SSSR count). The van der Waals surface area contributed by atoms with Crippen LogP contribution in [-0.2, 0) is 14.2 Å². The zero-order valence-electron chi connectivity index (χ0n) is 27.4. The first kappa shape index (κ1) is 33.4. The molecule has 0 aromatic carbocycles. The number of aliphatic hydroxyl groups excluding tert-OH is 2. The van der Waals surface area contributed by atoms with Gasteiger partial charge in [0, 0.05) is 18.8 Å².